The number of hydrogen-bond acceptors (Lipinski definition) is 6. The highest BCUT2D eigenvalue weighted by atomic mass is 16.3. The third-order valence-electron chi connectivity index (χ3n) is 5.63. The Kier molecular flexibility index (Phi) is 5.43. The first-order valence-electron chi connectivity index (χ1n) is 10.8. The summed E-state index contributed by atoms with van der Waals surface area (Å²) in [6.07, 6.45) is 5.28. The van der Waals surface area contributed by atoms with Crippen LogP contribution in [-0.4, -0.2) is 20.7 Å². The second kappa shape index (κ2) is 8.72. The van der Waals surface area contributed by atoms with Gasteiger partial charge in [0.15, 0.2) is 17.1 Å². The molecule has 1 N–H and O–H groups in total. The molecule has 170 valence electrons. The van der Waals surface area contributed by atoms with E-state index in [9.17, 15) is 14.9 Å². The number of para-hydroxylation sites is 1. The molecule has 0 fully saturated rings. The van der Waals surface area contributed by atoms with Gasteiger partial charge in [-0.25, -0.2) is 4.98 Å². The van der Waals surface area contributed by atoms with Crippen molar-refractivity contribution in [1.29, 1.82) is 5.26 Å². The summed E-state index contributed by atoms with van der Waals surface area (Å²) in [6.45, 7) is 3.84. The van der Waals surface area contributed by atoms with E-state index in [1.54, 1.807) is 12.1 Å². The van der Waals surface area contributed by atoms with Gasteiger partial charge in [-0.05, 0) is 49.8 Å². The molecular weight excluding hydrogens is 442 g/mol. The molecule has 1 amide bonds. The summed E-state index contributed by atoms with van der Waals surface area (Å²) in [6, 6.07) is 16.9. The number of anilines is 1. The highest BCUT2D eigenvalue weighted by molar-refractivity contribution is 6.02. The number of nitriles is 1. The summed E-state index contributed by atoms with van der Waals surface area (Å²) in [7, 11) is 0. The van der Waals surface area contributed by atoms with E-state index >= 15 is 0 Å². The average molecular weight is 461 g/mol. The number of rotatable bonds is 4. The number of aromatic nitrogens is 3. The summed E-state index contributed by atoms with van der Waals surface area (Å²) in [5.41, 5.74) is 3.33. The van der Waals surface area contributed by atoms with Crippen molar-refractivity contribution < 1.29 is 9.21 Å². The number of pyridine rings is 1. The van der Waals surface area contributed by atoms with E-state index in [1.165, 1.54) is 29.3 Å². The molecule has 5 aromatic rings. The lowest BCUT2D eigenvalue weighted by Crippen LogP contribution is -2.14. The smallest absolute Gasteiger partial charge is 0.249 e. The Hall–Kier alpha value is -5.03. The molecule has 0 aliphatic rings. The monoisotopic (exact) mass is 461 g/mol. The van der Waals surface area contributed by atoms with E-state index < -0.39 is 5.91 Å². The molecule has 0 aliphatic carbocycles. The lowest BCUT2D eigenvalue weighted by Gasteiger charge is -2.10. The predicted octanol–water partition coefficient (Wildman–Crippen LogP) is 4.67. The highest BCUT2D eigenvalue weighted by Gasteiger charge is 2.16. The van der Waals surface area contributed by atoms with Crippen LogP contribution >= 0.6 is 0 Å². The standard InChI is InChI=1S/C27H19N5O3/c1-16-7-9-23-21(11-16)26(34)18(15-35-23)8-10-25(33)31-27-19(13-28)14-29-32(27)24-12-17(2)20-5-3-4-6-22(20)30-24/h3-12,14-15H,1-2H3,(H,31,33)/b10-8+. The fourth-order valence-corrected chi connectivity index (χ4v) is 3.86. The zero-order chi connectivity index (χ0) is 24.5. The van der Waals surface area contributed by atoms with Crippen molar-refractivity contribution in [3.63, 3.8) is 0 Å². The van der Waals surface area contributed by atoms with Crippen molar-refractivity contribution in [2.75, 3.05) is 5.32 Å². The first kappa shape index (κ1) is 21.8. The van der Waals surface area contributed by atoms with Crippen molar-refractivity contribution in [2.24, 2.45) is 0 Å². The average Bonchev–Trinajstić information content (AvgIpc) is 3.26. The molecule has 5 rings (SSSR count). The van der Waals surface area contributed by atoms with Crippen molar-refractivity contribution in [3.05, 3.63) is 99.5 Å². The Balaban J connectivity index is 1.47. The molecule has 0 radical (unpaired) electrons. The second-order valence-corrected chi connectivity index (χ2v) is 8.09. The minimum Gasteiger partial charge on any atom is -0.463 e. The minimum atomic E-state index is -0.537. The van der Waals surface area contributed by atoms with E-state index in [0.29, 0.717) is 16.8 Å². The van der Waals surface area contributed by atoms with Crippen molar-refractivity contribution in [1.82, 2.24) is 14.8 Å². The van der Waals surface area contributed by atoms with Crippen LogP contribution in [-0.2, 0) is 4.79 Å². The van der Waals surface area contributed by atoms with Crippen LogP contribution in [0.2, 0.25) is 0 Å². The number of carbonyl (C=O) groups is 1. The molecule has 0 spiro atoms. The van der Waals surface area contributed by atoms with Crippen molar-refractivity contribution >= 4 is 39.7 Å². The van der Waals surface area contributed by atoms with Crippen LogP contribution in [0.25, 0.3) is 33.8 Å². The maximum absolute atomic E-state index is 12.8. The number of hydrogen-bond donors (Lipinski definition) is 1. The molecule has 0 unspecified atom stereocenters. The highest BCUT2D eigenvalue weighted by Crippen LogP contribution is 2.23. The molecule has 0 atom stereocenters. The molecule has 35 heavy (non-hydrogen) atoms. The Labute approximate surface area is 199 Å². The number of fused-ring (bicyclic) bond motifs is 2. The molecule has 3 heterocycles. The number of nitrogens with zero attached hydrogens (tertiary/aromatic N) is 4. The first-order chi connectivity index (χ1) is 16.9. The largest absolute Gasteiger partial charge is 0.463 e. The van der Waals surface area contributed by atoms with E-state index in [1.807, 2.05) is 56.3 Å². The van der Waals surface area contributed by atoms with E-state index in [4.69, 9.17) is 4.42 Å². The molecule has 0 bridgehead atoms. The topological polar surface area (TPSA) is 114 Å². The molecule has 8 nitrogen and oxygen atoms in total. The third-order valence-corrected chi connectivity index (χ3v) is 5.63. The number of aryl methyl sites for hydroxylation is 2. The molecule has 3 aromatic heterocycles. The number of carbonyl (C=O) groups excluding carboxylic acids is 1. The molecule has 2 aromatic carbocycles. The second-order valence-electron chi connectivity index (χ2n) is 8.09. The molecule has 0 saturated heterocycles. The van der Waals surface area contributed by atoms with Crippen LogP contribution in [0.1, 0.15) is 22.3 Å². The van der Waals surface area contributed by atoms with Crippen molar-refractivity contribution in [3.8, 4) is 11.9 Å². The lowest BCUT2D eigenvalue weighted by molar-refractivity contribution is -0.111. The van der Waals surface area contributed by atoms with Gasteiger partial charge in [0.05, 0.1) is 22.7 Å². The Bertz CT molecular complexity index is 1760. The van der Waals surface area contributed by atoms with Gasteiger partial charge in [0.25, 0.3) is 0 Å². The van der Waals surface area contributed by atoms with Crippen LogP contribution in [0.4, 0.5) is 5.82 Å². The van der Waals surface area contributed by atoms with Crippen LogP contribution < -0.4 is 10.7 Å². The number of amides is 1. The normalized spacial score (nSPS) is 11.2. The van der Waals surface area contributed by atoms with Gasteiger partial charge in [-0.2, -0.15) is 15.0 Å². The SMILES string of the molecule is Cc1ccc2occ(/C=C/C(=O)Nc3c(C#N)cnn3-c3cc(C)c4ccccc4n3)c(=O)c2c1. The third kappa shape index (κ3) is 4.07. The summed E-state index contributed by atoms with van der Waals surface area (Å²) in [4.78, 5) is 30.2. The zero-order valence-electron chi connectivity index (χ0n) is 18.9. The van der Waals surface area contributed by atoms with Gasteiger partial charge in [-0.3, -0.25) is 9.59 Å². The van der Waals surface area contributed by atoms with Gasteiger partial charge in [0.1, 0.15) is 23.5 Å². The molecule has 0 saturated carbocycles. The van der Waals surface area contributed by atoms with Crippen LogP contribution in [0.15, 0.2) is 76.3 Å². The van der Waals surface area contributed by atoms with Crippen LogP contribution in [0.3, 0.4) is 0 Å². The van der Waals surface area contributed by atoms with Gasteiger partial charge >= 0.3 is 0 Å². The summed E-state index contributed by atoms with van der Waals surface area (Å²) >= 11 is 0. The number of nitrogens with one attached hydrogen (secondary N) is 1. The summed E-state index contributed by atoms with van der Waals surface area (Å²) in [5.74, 6) is 0.113. The maximum Gasteiger partial charge on any atom is 0.249 e. The maximum atomic E-state index is 12.8. The quantitative estimate of drug-likeness (QED) is 0.389. The minimum absolute atomic E-state index is 0.181. The number of benzene rings is 2. The fraction of sp³-hybridized carbons (Fsp3) is 0.0741. The van der Waals surface area contributed by atoms with Gasteiger partial charge < -0.3 is 9.73 Å². The van der Waals surface area contributed by atoms with Gasteiger partial charge in [0, 0.05) is 11.5 Å². The Morgan fingerprint density at radius 1 is 1.14 bits per heavy atom. The van der Waals surface area contributed by atoms with Crippen LogP contribution in [0.5, 0.6) is 0 Å². The van der Waals surface area contributed by atoms with E-state index in [0.717, 1.165) is 22.0 Å². The predicted molar refractivity (Wildman–Crippen MR) is 133 cm³/mol. The molecule has 8 heteroatoms. The van der Waals surface area contributed by atoms with Gasteiger partial charge in [-0.15, -0.1) is 0 Å². The first-order valence-corrected chi connectivity index (χ1v) is 10.8. The molecule has 0 aliphatic heterocycles. The van der Waals surface area contributed by atoms with Crippen molar-refractivity contribution in [2.45, 2.75) is 13.8 Å². The van der Waals surface area contributed by atoms with E-state index in [-0.39, 0.29) is 22.4 Å². The summed E-state index contributed by atoms with van der Waals surface area (Å²) < 4.78 is 6.94. The zero-order valence-corrected chi connectivity index (χ0v) is 18.9. The summed E-state index contributed by atoms with van der Waals surface area (Å²) in [5, 5.41) is 17.9. The van der Waals surface area contributed by atoms with Gasteiger partial charge in [0.2, 0.25) is 5.91 Å². The van der Waals surface area contributed by atoms with E-state index in [2.05, 4.69) is 15.4 Å². The molecular formula is C27H19N5O3. The van der Waals surface area contributed by atoms with Gasteiger partial charge in [-0.1, -0.05) is 29.8 Å². The van der Waals surface area contributed by atoms with Crippen LogP contribution in [0, 0.1) is 25.2 Å². The lowest BCUT2D eigenvalue weighted by atomic mass is 10.1. The Morgan fingerprint density at radius 2 is 1.97 bits per heavy atom. The Morgan fingerprint density at radius 3 is 2.80 bits per heavy atom. The fourth-order valence-electron chi connectivity index (χ4n) is 3.86.